The van der Waals surface area contributed by atoms with E-state index in [1.54, 1.807) is 50.3 Å². The molecule has 0 aliphatic heterocycles. The van der Waals surface area contributed by atoms with Crippen LogP contribution >= 0.6 is 35.5 Å². The summed E-state index contributed by atoms with van der Waals surface area (Å²) >= 11 is 5.50. The van der Waals surface area contributed by atoms with Gasteiger partial charge in [0.25, 0.3) is 0 Å². The van der Waals surface area contributed by atoms with E-state index in [0.717, 1.165) is 0 Å². The molecule has 0 heterocycles. The number of hydrogen-bond donors (Lipinski definition) is 0. The molecule has 0 rings (SSSR count). The summed E-state index contributed by atoms with van der Waals surface area (Å²) in [5.41, 5.74) is 0. The maximum Gasteiger partial charge on any atom is 0.0594 e. The lowest BCUT2D eigenvalue weighted by molar-refractivity contribution is -0.00000775. The fourth-order valence-corrected chi connectivity index (χ4v) is 10.5. The first kappa shape index (κ1) is 42.3. The van der Waals surface area contributed by atoms with Crippen LogP contribution in [0.25, 0.3) is 0 Å². The Morgan fingerprint density at radius 2 is 0.472 bits per heavy atom. The highest BCUT2D eigenvalue weighted by atomic mass is 80.9. The van der Waals surface area contributed by atoms with E-state index in [0.29, 0.717) is 0 Å². The predicted octanol–water partition coefficient (Wildman–Crippen LogP) is 11.1. The Labute approximate surface area is 257 Å². The van der Waals surface area contributed by atoms with Crippen LogP contribution < -0.4 is 17.0 Å². The monoisotopic (exact) mass is 720 g/mol. The van der Waals surface area contributed by atoms with Crippen LogP contribution in [0, 0.1) is 0 Å². The van der Waals surface area contributed by atoms with E-state index in [2.05, 4.69) is 56.0 Å². The molecule has 222 valence electrons. The molecule has 0 amide bonds. The van der Waals surface area contributed by atoms with Crippen molar-refractivity contribution in [3.63, 3.8) is 0 Å². The molecule has 0 saturated carbocycles. The molecule has 0 aliphatic carbocycles. The molecule has 36 heavy (non-hydrogen) atoms. The third-order valence-electron chi connectivity index (χ3n) is 7.94. The van der Waals surface area contributed by atoms with Gasteiger partial charge in [-0.1, -0.05) is 130 Å². The van der Waals surface area contributed by atoms with Crippen LogP contribution in [0.4, 0.5) is 0 Å². The summed E-state index contributed by atoms with van der Waals surface area (Å²) in [7, 11) is -0.697. The van der Waals surface area contributed by atoms with Crippen LogP contribution in [0.1, 0.15) is 182 Å². The Kier molecular flexibility index (Phi) is 43.4. The van der Waals surface area contributed by atoms with Crippen LogP contribution in [0.2, 0.25) is 0 Å². The van der Waals surface area contributed by atoms with Crippen molar-refractivity contribution in [2.45, 2.75) is 182 Å². The smallest absolute Gasteiger partial charge is 0.0594 e. The highest BCUT2D eigenvalue weighted by molar-refractivity contribution is 9.93. The summed E-state index contributed by atoms with van der Waals surface area (Å²) in [6, 6.07) is 0. The molecule has 0 aromatic rings. The molecule has 0 aromatic carbocycles. The summed E-state index contributed by atoms with van der Waals surface area (Å²) in [4.78, 5) is 0. The summed E-state index contributed by atoms with van der Waals surface area (Å²) in [6.45, 7) is 9.41. The first-order valence-electron chi connectivity index (χ1n) is 16.2. The molecular formula is C32H68Br3P. The van der Waals surface area contributed by atoms with E-state index >= 15 is 0 Å². The highest BCUT2D eigenvalue weighted by Crippen LogP contribution is 2.61. The fourth-order valence-electron chi connectivity index (χ4n) is 5.58. The predicted molar refractivity (Wildman–Crippen MR) is 178 cm³/mol. The van der Waals surface area contributed by atoms with Gasteiger partial charge in [-0.25, -0.2) is 0 Å². The van der Waals surface area contributed by atoms with Crippen LogP contribution in [-0.2, 0) is 0 Å². The standard InChI is InChI=1S/C32H68P.Br2.BrH/c1-5-9-13-17-18-19-20-21-22-23-24-28-32-33(29-25-14-10-6-2,30-26-15-11-7-3)31-27-16-12-8-4;1-2;/h5-32H2,1-4H3;;1H/q+1;;/p-1. The Morgan fingerprint density at radius 3 is 0.694 bits per heavy atom. The lowest BCUT2D eigenvalue weighted by Gasteiger charge is -2.28. The van der Waals surface area contributed by atoms with Crippen LogP contribution in [0.5, 0.6) is 0 Å². The molecule has 0 aromatic heterocycles. The lowest BCUT2D eigenvalue weighted by atomic mass is 10.1. The van der Waals surface area contributed by atoms with Crippen molar-refractivity contribution < 1.29 is 17.0 Å². The van der Waals surface area contributed by atoms with Gasteiger partial charge in [0.05, 0.1) is 24.6 Å². The van der Waals surface area contributed by atoms with E-state index in [4.69, 9.17) is 0 Å². The van der Waals surface area contributed by atoms with Crippen molar-refractivity contribution in [3.8, 4) is 0 Å². The molecule has 0 saturated heterocycles. The van der Waals surface area contributed by atoms with E-state index in [9.17, 15) is 0 Å². The van der Waals surface area contributed by atoms with Crippen molar-refractivity contribution in [2.75, 3.05) is 24.6 Å². The van der Waals surface area contributed by atoms with Crippen LogP contribution in [-0.4, -0.2) is 24.6 Å². The maximum atomic E-state index is 2.75. The second-order valence-corrected chi connectivity index (χ2v) is 15.8. The van der Waals surface area contributed by atoms with E-state index < -0.39 is 7.26 Å². The first-order valence-corrected chi connectivity index (χ1v) is 22.5. The molecule has 4 heteroatoms. The van der Waals surface area contributed by atoms with Gasteiger partial charge in [0.2, 0.25) is 0 Å². The van der Waals surface area contributed by atoms with Gasteiger partial charge < -0.3 is 17.0 Å². The van der Waals surface area contributed by atoms with Crippen LogP contribution in [0.3, 0.4) is 0 Å². The molecule has 0 atom stereocenters. The molecule has 0 spiro atoms. The van der Waals surface area contributed by atoms with Crippen molar-refractivity contribution >= 4 is 35.5 Å². The zero-order valence-corrected chi connectivity index (χ0v) is 31.0. The Hall–Kier alpha value is 1.87. The SMILES string of the molecule is BrBr.CCCCCCCCCCCCCC[P+](CCCCCC)(CCCCCC)CCCCCC.[Br-]. The van der Waals surface area contributed by atoms with Crippen molar-refractivity contribution in [3.05, 3.63) is 0 Å². The summed E-state index contributed by atoms with van der Waals surface area (Å²) in [5.74, 6) is 0. The minimum atomic E-state index is -0.697. The minimum absolute atomic E-state index is 0. The zero-order chi connectivity index (χ0) is 26.3. The normalized spacial score (nSPS) is 11.2. The van der Waals surface area contributed by atoms with Gasteiger partial charge in [-0.05, 0) is 51.4 Å². The zero-order valence-electron chi connectivity index (χ0n) is 25.4. The van der Waals surface area contributed by atoms with Gasteiger partial charge in [-0.15, -0.1) is 0 Å². The highest BCUT2D eigenvalue weighted by Gasteiger charge is 2.34. The molecule has 0 bridgehead atoms. The fraction of sp³-hybridized carbons (Fsp3) is 1.00. The number of halogens is 3. The van der Waals surface area contributed by atoms with Gasteiger partial charge >= 0.3 is 0 Å². The second kappa shape index (κ2) is 36.9. The van der Waals surface area contributed by atoms with Crippen molar-refractivity contribution in [1.29, 1.82) is 0 Å². The van der Waals surface area contributed by atoms with Crippen molar-refractivity contribution in [1.82, 2.24) is 0 Å². The third kappa shape index (κ3) is 30.4. The van der Waals surface area contributed by atoms with E-state index in [-0.39, 0.29) is 17.0 Å². The maximum absolute atomic E-state index is 2.75. The van der Waals surface area contributed by atoms with Crippen LogP contribution in [0.15, 0.2) is 0 Å². The van der Waals surface area contributed by atoms with Gasteiger partial charge in [0, 0.05) is 35.5 Å². The second-order valence-electron chi connectivity index (χ2n) is 11.3. The molecule has 0 radical (unpaired) electrons. The summed E-state index contributed by atoms with van der Waals surface area (Å²) < 4.78 is 0. The average molecular weight is 724 g/mol. The molecule has 0 nitrogen and oxygen atoms in total. The molecule has 0 aliphatic rings. The first-order chi connectivity index (χ1) is 17.2. The van der Waals surface area contributed by atoms with Gasteiger partial charge in [0.1, 0.15) is 0 Å². The number of hydrogen-bond acceptors (Lipinski definition) is 0. The van der Waals surface area contributed by atoms with Crippen molar-refractivity contribution in [2.24, 2.45) is 0 Å². The molecular weight excluding hydrogens is 655 g/mol. The topological polar surface area (TPSA) is 0 Å². The molecule has 0 unspecified atom stereocenters. The summed E-state index contributed by atoms with van der Waals surface area (Å²) in [6.07, 6.45) is 42.1. The Bertz CT molecular complexity index is 334. The largest absolute Gasteiger partial charge is 1.00 e. The number of unbranched alkanes of at least 4 members (excludes halogenated alkanes) is 20. The van der Waals surface area contributed by atoms with E-state index in [1.807, 2.05) is 0 Å². The van der Waals surface area contributed by atoms with E-state index in [1.165, 1.54) is 128 Å². The minimum Gasteiger partial charge on any atom is -1.00 e. The molecule has 0 fully saturated rings. The quantitative estimate of drug-likeness (QED) is 0.0557. The lowest BCUT2D eigenvalue weighted by Crippen LogP contribution is -3.00. The van der Waals surface area contributed by atoms with Gasteiger partial charge in [-0.3, -0.25) is 0 Å². The Balaban J connectivity index is -0.00000353. The Morgan fingerprint density at radius 1 is 0.306 bits per heavy atom. The molecule has 0 N–H and O–H groups in total. The van der Waals surface area contributed by atoms with Gasteiger partial charge in [0.15, 0.2) is 0 Å². The average Bonchev–Trinajstić information content (AvgIpc) is 2.89. The summed E-state index contributed by atoms with van der Waals surface area (Å²) in [5, 5.41) is 0. The van der Waals surface area contributed by atoms with Gasteiger partial charge in [-0.2, -0.15) is 0 Å². The number of rotatable bonds is 28. The third-order valence-corrected chi connectivity index (χ3v) is 13.0.